The molecule has 2 fully saturated rings. The maximum atomic E-state index is 9.62. The molecule has 0 bridgehead atoms. The van der Waals surface area contributed by atoms with Crippen LogP contribution >= 0.6 is 0 Å². The number of aliphatic hydroxyl groups excluding tert-OH is 1. The van der Waals surface area contributed by atoms with Crippen molar-refractivity contribution in [1.82, 2.24) is 5.32 Å². The zero-order chi connectivity index (χ0) is 12.2. The second kappa shape index (κ2) is 5.27. The second-order valence-corrected chi connectivity index (χ2v) is 4.30. The SMILES string of the molecule is O=C(O)C(=O)O.OC1CNCCC12CCC2. The van der Waals surface area contributed by atoms with Gasteiger partial charge in [0.2, 0.25) is 0 Å². The molecule has 6 heteroatoms. The Morgan fingerprint density at radius 1 is 1.12 bits per heavy atom. The van der Waals surface area contributed by atoms with E-state index in [2.05, 4.69) is 5.32 Å². The highest BCUT2D eigenvalue weighted by Gasteiger charge is 2.44. The molecule has 0 aromatic carbocycles. The van der Waals surface area contributed by atoms with Crippen molar-refractivity contribution in [2.75, 3.05) is 13.1 Å². The van der Waals surface area contributed by atoms with Crippen LogP contribution in [0.15, 0.2) is 0 Å². The van der Waals surface area contributed by atoms with E-state index in [1.165, 1.54) is 25.7 Å². The molecule has 16 heavy (non-hydrogen) atoms. The van der Waals surface area contributed by atoms with Crippen molar-refractivity contribution in [3.63, 3.8) is 0 Å². The van der Waals surface area contributed by atoms with Crippen LogP contribution in [0.3, 0.4) is 0 Å². The summed E-state index contributed by atoms with van der Waals surface area (Å²) in [5, 5.41) is 27.6. The van der Waals surface area contributed by atoms with Gasteiger partial charge in [0.1, 0.15) is 0 Å². The smallest absolute Gasteiger partial charge is 0.414 e. The molecule has 1 saturated heterocycles. The van der Waals surface area contributed by atoms with Crippen LogP contribution in [0.2, 0.25) is 0 Å². The fourth-order valence-corrected chi connectivity index (χ4v) is 2.17. The fourth-order valence-electron chi connectivity index (χ4n) is 2.17. The first-order chi connectivity index (χ1) is 7.48. The maximum Gasteiger partial charge on any atom is 0.414 e. The predicted octanol–water partition coefficient (Wildman–Crippen LogP) is -0.333. The molecule has 1 atom stereocenters. The first kappa shape index (κ1) is 12.9. The number of piperidine rings is 1. The van der Waals surface area contributed by atoms with Crippen LogP contribution in [0.25, 0.3) is 0 Å². The lowest BCUT2D eigenvalue weighted by Crippen LogP contribution is -2.52. The van der Waals surface area contributed by atoms with Gasteiger partial charge in [0, 0.05) is 6.54 Å². The third kappa shape index (κ3) is 2.93. The number of carboxylic acids is 2. The maximum absolute atomic E-state index is 9.62. The van der Waals surface area contributed by atoms with Crippen molar-refractivity contribution < 1.29 is 24.9 Å². The summed E-state index contributed by atoms with van der Waals surface area (Å²) in [6, 6.07) is 0. The predicted molar refractivity (Wildman–Crippen MR) is 55.0 cm³/mol. The van der Waals surface area contributed by atoms with E-state index < -0.39 is 11.9 Å². The van der Waals surface area contributed by atoms with Gasteiger partial charge in [-0.25, -0.2) is 9.59 Å². The van der Waals surface area contributed by atoms with Crippen molar-refractivity contribution in [3.05, 3.63) is 0 Å². The van der Waals surface area contributed by atoms with Gasteiger partial charge < -0.3 is 20.6 Å². The highest BCUT2D eigenvalue weighted by atomic mass is 16.4. The van der Waals surface area contributed by atoms with Gasteiger partial charge in [0.25, 0.3) is 0 Å². The van der Waals surface area contributed by atoms with Gasteiger partial charge in [-0.3, -0.25) is 0 Å². The molecule has 1 spiro atoms. The molecule has 0 radical (unpaired) electrons. The highest BCUT2D eigenvalue weighted by molar-refractivity contribution is 6.27. The molecule has 6 nitrogen and oxygen atoms in total. The zero-order valence-electron chi connectivity index (χ0n) is 8.98. The summed E-state index contributed by atoms with van der Waals surface area (Å²) in [5.74, 6) is -3.65. The van der Waals surface area contributed by atoms with Crippen molar-refractivity contribution in [2.24, 2.45) is 5.41 Å². The number of aliphatic carboxylic acids is 2. The van der Waals surface area contributed by atoms with E-state index in [-0.39, 0.29) is 6.10 Å². The van der Waals surface area contributed by atoms with Gasteiger partial charge >= 0.3 is 11.9 Å². The number of β-amino-alcohol motifs (C(OH)–C–C–N with tert-alkyl or cyclic N) is 1. The Balaban J connectivity index is 0.000000187. The molecule has 1 saturated carbocycles. The summed E-state index contributed by atoms with van der Waals surface area (Å²) < 4.78 is 0. The summed E-state index contributed by atoms with van der Waals surface area (Å²) >= 11 is 0. The van der Waals surface area contributed by atoms with Crippen molar-refractivity contribution in [3.8, 4) is 0 Å². The van der Waals surface area contributed by atoms with Crippen molar-refractivity contribution in [1.29, 1.82) is 0 Å². The molecular weight excluding hydrogens is 214 g/mol. The molecule has 2 aliphatic rings. The molecular formula is C10H17NO5. The average molecular weight is 231 g/mol. The molecule has 1 aliphatic heterocycles. The molecule has 0 amide bonds. The van der Waals surface area contributed by atoms with E-state index in [1.807, 2.05) is 0 Å². The summed E-state index contributed by atoms with van der Waals surface area (Å²) in [5.41, 5.74) is 0.352. The molecule has 0 aromatic heterocycles. The van der Waals surface area contributed by atoms with E-state index in [1.54, 1.807) is 0 Å². The van der Waals surface area contributed by atoms with Crippen LogP contribution in [0, 0.1) is 5.41 Å². The van der Waals surface area contributed by atoms with E-state index in [0.717, 1.165) is 13.1 Å². The minimum Gasteiger partial charge on any atom is -0.473 e. The molecule has 1 aliphatic carbocycles. The van der Waals surface area contributed by atoms with Gasteiger partial charge in [-0.15, -0.1) is 0 Å². The third-order valence-corrected chi connectivity index (χ3v) is 3.38. The molecule has 1 heterocycles. The Morgan fingerprint density at radius 3 is 1.94 bits per heavy atom. The number of aliphatic hydroxyl groups is 1. The summed E-state index contributed by atoms with van der Waals surface area (Å²) in [4.78, 5) is 18.2. The molecule has 4 N–H and O–H groups in total. The standard InChI is InChI=1S/C8H15NO.C2H2O4/c10-7-6-9-5-4-8(7)2-1-3-8;3-1(4)2(5)6/h7,9-10H,1-6H2;(H,3,4)(H,5,6). The first-order valence-corrected chi connectivity index (χ1v) is 5.33. The van der Waals surface area contributed by atoms with Crippen molar-refractivity contribution in [2.45, 2.75) is 31.8 Å². The van der Waals surface area contributed by atoms with Gasteiger partial charge in [0.05, 0.1) is 6.10 Å². The van der Waals surface area contributed by atoms with E-state index in [0.29, 0.717) is 5.41 Å². The van der Waals surface area contributed by atoms with Crippen LogP contribution in [-0.2, 0) is 9.59 Å². The first-order valence-electron chi connectivity index (χ1n) is 5.33. The summed E-state index contributed by atoms with van der Waals surface area (Å²) in [6.07, 6.45) is 4.98. The van der Waals surface area contributed by atoms with Crippen LogP contribution in [0.4, 0.5) is 0 Å². The third-order valence-electron chi connectivity index (χ3n) is 3.38. The Bertz CT molecular complexity index is 262. The van der Waals surface area contributed by atoms with Crippen molar-refractivity contribution >= 4 is 11.9 Å². The minimum absolute atomic E-state index is 0.0602. The van der Waals surface area contributed by atoms with Gasteiger partial charge in [-0.05, 0) is 31.2 Å². The molecule has 2 rings (SSSR count). The quantitative estimate of drug-likeness (QED) is 0.425. The van der Waals surface area contributed by atoms with E-state index >= 15 is 0 Å². The number of nitrogens with one attached hydrogen (secondary N) is 1. The topological polar surface area (TPSA) is 107 Å². The Labute approximate surface area is 93.3 Å². The second-order valence-electron chi connectivity index (χ2n) is 4.30. The Hall–Kier alpha value is -1.14. The van der Waals surface area contributed by atoms with Crippen LogP contribution in [0.5, 0.6) is 0 Å². The largest absolute Gasteiger partial charge is 0.473 e. The lowest BCUT2D eigenvalue weighted by Gasteiger charge is -2.48. The van der Waals surface area contributed by atoms with Gasteiger partial charge in [-0.1, -0.05) is 6.42 Å². The monoisotopic (exact) mass is 231 g/mol. The lowest BCUT2D eigenvalue weighted by atomic mass is 9.62. The molecule has 92 valence electrons. The normalized spacial score (nSPS) is 26.2. The summed E-state index contributed by atoms with van der Waals surface area (Å²) in [7, 11) is 0. The van der Waals surface area contributed by atoms with E-state index in [9.17, 15) is 5.11 Å². The van der Waals surface area contributed by atoms with E-state index in [4.69, 9.17) is 19.8 Å². The Kier molecular flexibility index (Phi) is 4.26. The van der Waals surface area contributed by atoms with Crippen LogP contribution < -0.4 is 5.32 Å². The lowest BCUT2D eigenvalue weighted by molar-refractivity contribution is -0.159. The number of carboxylic acid groups (broad SMARTS) is 2. The number of hydrogen-bond acceptors (Lipinski definition) is 4. The molecule has 0 aromatic rings. The number of rotatable bonds is 0. The molecule has 1 unspecified atom stereocenters. The van der Waals surface area contributed by atoms with Gasteiger partial charge in [-0.2, -0.15) is 0 Å². The van der Waals surface area contributed by atoms with Crippen LogP contribution in [0.1, 0.15) is 25.7 Å². The average Bonchev–Trinajstić information content (AvgIpc) is 2.17. The minimum atomic E-state index is -1.82. The fraction of sp³-hybridized carbons (Fsp3) is 0.800. The number of carbonyl (C=O) groups is 2. The number of hydrogen-bond donors (Lipinski definition) is 4. The Morgan fingerprint density at radius 2 is 1.69 bits per heavy atom. The zero-order valence-corrected chi connectivity index (χ0v) is 8.98. The van der Waals surface area contributed by atoms with Crippen LogP contribution in [-0.4, -0.2) is 46.5 Å². The van der Waals surface area contributed by atoms with Gasteiger partial charge in [0.15, 0.2) is 0 Å². The summed E-state index contributed by atoms with van der Waals surface area (Å²) in [6.45, 7) is 1.93. The highest BCUT2D eigenvalue weighted by Crippen LogP contribution is 2.47.